The summed E-state index contributed by atoms with van der Waals surface area (Å²) in [5.41, 5.74) is 2.52. The lowest BCUT2D eigenvalue weighted by Crippen LogP contribution is -2.49. The normalized spacial score (nSPS) is 15.6. The van der Waals surface area contributed by atoms with Gasteiger partial charge in [0.2, 0.25) is 0 Å². The summed E-state index contributed by atoms with van der Waals surface area (Å²) in [6.45, 7) is 15.3. The van der Waals surface area contributed by atoms with Crippen molar-refractivity contribution in [3.05, 3.63) is 51.5 Å². The molecule has 0 atom stereocenters. The zero-order valence-electron chi connectivity index (χ0n) is 18.4. The third-order valence-corrected chi connectivity index (χ3v) is 6.28. The second-order valence-corrected chi connectivity index (χ2v) is 8.76. The van der Waals surface area contributed by atoms with E-state index < -0.39 is 0 Å². The van der Waals surface area contributed by atoms with Gasteiger partial charge >= 0.3 is 0 Å². The van der Waals surface area contributed by atoms with Crippen LogP contribution in [0.2, 0.25) is 0 Å². The minimum atomic E-state index is 0. The Hall–Kier alpha value is -1.23. The molecule has 2 aromatic rings. The van der Waals surface area contributed by atoms with Gasteiger partial charge in [-0.1, -0.05) is 30.3 Å². The quantitative estimate of drug-likeness (QED) is 0.305. The van der Waals surface area contributed by atoms with Gasteiger partial charge in [-0.15, -0.1) is 35.3 Å². The maximum atomic E-state index is 4.70. The van der Waals surface area contributed by atoms with Gasteiger partial charge in [0.05, 0.1) is 12.2 Å². The Morgan fingerprint density at radius 1 is 1.07 bits per heavy atom. The number of aromatic nitrogens is 1. The molecule has 2 heterocycles. The monoisotopic (exact) mass is 542 g/mol. The van der Waals surface area contributed by atoms with Gasteiger partial charge in [-0.3, -0.25) is 9.80 Å². The van der Waals surface area contributed by atoms with Crippen LogP contribution in [0.15, 0.2) is 35.3 Å². The highest BCUT2D eigenvalue weighted by atomic mass is 127. The number of piperazine rings is 1. The molecule has 0 aliphatic carbocycles. The second-order valence-electron chi connectivity index (χ2n) is 7.47. The third kappa shape index (κ3) is 8.13. The largest absolute Gasteiger partial charge is 0.357 e. The lowest BCUT2D eigenvalue weighted by molar-refractivity contribution is 0.129. The molecule has 1 fully saturated rings. The predicted molar refractivity (Wildman–Crippen MR) is 138 cm³/mol. The van der Waals surface area contributed by atoms with Crippen molar-refractivity contribution in [3.63, 3.8) is 0 Å². The second kappa shape index (κ2) is 13.2. The average Bonchev–Trinajstić information content (AvgIpc) is 3.06. The summed E-state index contributed by atoms with van der Waals surface area (Å²) in [4.78, 5) is 15.6. The maximum Gasteiger partial charge on any atom is 0.191 e. The first-order valence-electron chi connectivity index (χ1n) is 10.6. The molecule has 0 bridgehead atoms. The topological polar surface area (TPSA) is 55.8 Å². The Balaban J connectivity index is 0.00000320. The number of nitrogens with zero attached hydrogens (tertiary/aromatic N) is 4. The minimum absolute atomic E-state index is 0. The van der Waals surface area contributed by atoms with Gasteiger partial charge in [0.1, 0.15) is 5.01 Å². The van der Waals surface area contributed by atoms with E-state index in [1.807, 2.05) is 0 Å². The Bertz CT molecular complexity index is 752. The van der Waals surface area contributed by atoms with Crippen molar-refractivity contribution < 1.29 is 0 Å². The highest BCUT2D eigenvalue weighted by Crippen LogP contribution is 2.16. The van der Waals surface area contributed by atoms with Crippen LogP contribution in [0.25, 0.3) is 0 Å². The number of aryl methyl sites for hydroxylation is 2. The zero-order valence-corrected chi connectivity index (χ0v) is 21.5. The van der Waals surface area contributed by atoms with Crippen molar-refractivity contribution in [3.8, 4) is 0 Å². The van der Waals surface area contributed by atoms with Crippen LogP contribution in [0, 0.1) is 13.8 Å². The van der Waals surface area contributed by atoms with Crippen LogP contribution in [0.5, 0.6) is 0 Å². The molecule has 2 N–H and O–H groups in total. The molecular formula is C22H35IN6S. The van der Waals surface area contributed by atoms with Gasteiger partial charge < -0.3 is 10.6 Å². The molecule has 3 rings (SSSR count). The minimum Gasteiger partial charge on any atom is -0.357 e. The lowest BCUT2D eigenvalue weighted by atomic mass is 10.2. The van der Waals surface area contributed by atoms with Crippen molar-refractivity contribution in [2.45, 2.75) is 33.9 Å². The molecule has 1 saturated heterocycles. The molecule has 0 spiro atoms. The molecule has 1 aromatic carbocycles. The summed E-state index contributed by atoms with van der Waals surface area (Å²) in [6.07, 6.45) is 0. The van der Waals surface area contributed by atoms with Crippen LogP contribution in [-0.2, 0) is 13.1 Å². The number of nitrogens with one attached hydrogen (secondary N) is 2. The molecule has 0 unspecified atom stereocenters. The number of rotatable bonds is 8. The van der Waals surface area contributed by atoms with E-state index in [0.29, 0.717) is 6.54 Å². The number of halogens is 1. The van der Waals surface area contributed by atoms with Crippen molar-refractivity contribution in [2.75, 3.05) is 45.8 Å². The van der Waals surface area contributed by atoms with E-state index in [2.05, 4.69) is 76.5 Å². The summed E-state index contributed by atoms with van der Waals surface area (Å²) in [5, 5.41) is 7.88. The van der Waals surface area contributed by atoms with Crippen LogP contribution in [0.4, 0.5) is 0 Å². The summed E-state index contributed by atoms with van der Waals surface area (Å²) in [6, 6.07) is 10.8. The third-order valence-electron chi connectivity index (χ3n) is 5.22. The van der Waals surface area contributed by atoms with Crippen molar-refractivity contribution >= 4 is 41.3 Å². The number of hydrogen-bond donors (Lipinski definition) is 2. The molecule has 8 heteroatoms. The average molecular weight is 543 g/mol. The smallest absolute Gasteiger partial charge is 0.191 e. The van der Waals surface area contributed by atoms with E-state index >= 15 is 0 Å². The summed E-state index contributed by atoms with van der Waals surface area (Å²) >= 11 is 1.74. The van der Waals surface area contributed by atoms with Crippen LogP contribution in [-0.4, -0.2) is 66.6 Å². The van der Waals surface area contributed by atoms with Gasteiger partial charge in [0.15, 0.2) is 5.96 Å². The summed E-state index contributed by atoms with van der Waals surface area (Å²) < 4.78 is 0. The van der Waals surface area contributed by atoms with Crippen LogP contribution < -0.4 is 10.6 Å². The van der Waals surface area contributed by atoms with Crippen molar-refractivity contribution in [1.82, 2.24) is 25.4 Å². The number of aliphatic imine (C=N–C) groups is 1. The fourth-order valence-corrected chi connectivity index (χ4v) is 4.30. The molecule has 30 heavy (non-hydrogen) atoms. The van der Waals surface area contributed by atoms with Gasteiger partial charge in [-0.2, -0.15) is 0 Å². The SMILES string of the molecule is CCNC(=NCc1nc(C)c(C)s1)NCCN1CCN(Cc2ccccc2)CC1.I. The number of guanidine groups is 1. The first-order chi connectivity index (χ1) is 14.1. The van der Waals surface area contributed by atoms with Gasteiger partial charge in [0.25, 0.3) is 0 Å². The Kier molecular flexibility index (Phi) is 11.0. The number of benzene rings is 1. The lowest BCUT2D eigenvalue weighted by Gasteiger charge is -2.34. The Morgan fingerprint density at radius 3 is 2.40 bits per heavy atom. The first kappa shape index (κ1) is 25.0. The van der Waals surface area contributed by atoms with E-state index in [1.54, 1.807) is 11.3 Å². The first-order valence-corrected chi connectivity index (χ1v) is 11.4. The molecule has 0 amide bonds. The Morgan fingerprint density at radius 2 is 1.77 bits per heavy atom. The van der Waals surface area contributed by atoms with Crippen molar-refractivity contribution in [1.29, 1.82) is 0 Å². The molecule has 166 valence electrons. The highest BCUT2D eigenvalue weighted by molar-refractivity contribution is 14.0. The van der Waals surface area contributed by atoms with Gasteiger partial charge in [0, 0.05) is 57.2 Å². The molecule has 1 aliphatic rings. The van der Waals surface area contributed by atoms with Crippen molar-refractivity contribution in [2.24, 2.45) is 4.99 Å². The highest BCUT2D eigenvalue weighted by Gasteiger charge is 2.16. The van der Waals surface area contributed by atoms with Gasteiger partial charge in [-0.25, -0.2) is 9.98 Å². The zero-order chi connectivity index (χ0) is 20.5. The molecule has 1 aromatic heterocycles. The van der Waals surface area contributed by atoms with E-state index in [-0.39, 0.29) is 24.0 Å². The summed E-state index contributed by atoms with van der Waals surface area (Å²) in [5.74, 6) is 0.876. The molecule has 0 radical (unpaired) electrons. The van der Waals surface area contributed by atoms with Crippen LogP contribution in [0.3, 0.4) is 0 Å². The maximum absolute atomic E-state index is 4.70. The van der Waals surface area contributed by atoms with Crippen LogP contribution >= 0.6 is 35.3 Å². The van der Waals surface area contributed by atoms with E-state index in [9.17, 15) is 0 Å². The van der Waals surface area contributed by atoms with E-state index in [1.165, 1.54) is 10.4 Å². The number of thiazole rings is 1. The number of hydrogen-bond acceptors (Lipinski definition) is 5. The molecule has 0 saturated carbocycles. The van der Waals surface area contributed by atoms with Gasteiger partial charge in [-0.05, 0) is 26.3 Å². The Labute approximate surface area is 202 Å². The predicted octanol–water partition coefficient (Wildman–Crippen LogP) is 3.25. The standard InChI is InChI=1S/C22H34N6S.HI/c1-4-23-22(25-16-21-26-18(2)19(3)29-21)24-10-11-27-12-14-28(15-13-27)17-20-8-6-5-7-9-20;/h5-9H,4,10-17H2,1-3H3,(H2,23,24,25);1H. The molecular weight excluding hydrogens is 507 g/mol. The summed E-state index contributed by atoms with van der Waals surface area (Å²) in [7, 11) is 0. The van der Waals surface area contributed by atoms with E-state index in [0.717, 1.165) is 69.0 Å². The molecule has 6 nitrogen and oxygen atoms in total. The fraction of sp³-hybridized carbons (Fsp3) is 0.545. The fourth-order valence-electron chi connectivity index (χ4n) is 3.44. The van der Waals surface area contributed by atoms with Crippen LogP contribution in [0.1, 0.15) is 28.1 Å². The molecule has 1 aliphatic heterocycles. The van der Waals surface area contributed by atoms with E-state index in [4.69, 9.17) is 4.99 Å².